The topological polar surface area (TPSA) is 133 Å². The van der Waals surface area contributed by atoms with Crippen LogP contribution in [0.25, 0.3) is 0 Å². The van der Waals surface area contributed by atoms with Gasteiger partial charge in [-0.2, -0.15) is 0 Å². The molecule has 27 heavy (non-hydrogen) atoms. The number of ether oxygens (including phenoxy) is 1. The number of carbonyl (C=O) groups is 1. The average Bonchev–Trinajstić information content (AvgIpc) is 2.59. The molecule has 0 aliphatic heterocycles. The van der Waals surface area contributed by atoms with Crippen LogP contribution in [0, 0.1) is 11.2 Å². The summed E-state index contributed by atoms with van der Waals surface area (Å²) in [4.78, 5) is 16.4. The number of aromatic nitrogens is 1. The van der Waals surface area contributed by atoms with Crippen molar-refractivity contribution in [1.29, 1.82) is 5.41 Å². The number of nitrogens with zero attached hydrogens (tertiary/aromatic N) is 1. The highest BCUT2D eigenvalue weighted by molar-refractivity contribution is 5.97. The van der Waals surface area contributed by atoms with Crippen molar-refractivity contribution in [2.24, 2.45) is 0 Å². The molecule has 0 radical (unpaired) electrons. The Balaban J connectivity index is 2.15. The van der Waals surface area contributed by atoms with Crippen molar-refractivity contribution >= 4 is 23.4 Å². The number of carbonyl (C=O) groups excluding carboxylic acids is 1. The second kappa shape index (κ2) is 8.00. The Morgan fingerprint density at radius 1 is 1.37 bits per heavy atom. The normalized spacial score (nSPS) is 12.2. The number of hydrogen-bond acceptors (Lipinski definition) is 6. The number of benzene rings is 1. The first-order chi connectivity index (χ1) is 12.6. The molecule has 1 atom stereocenters. The van der Waals surface area contributed by atoms with Gasteiger partial charge in [-0.05, 0) is 31.5 Å². The number of anilines is 2. The Bertz CT molecular complexity index is 834. The SMILES string of the molecule is COC(=N)c1cnc(NC(=O)NC(c2ccc(F)cc2)C(C)(C)O)cc1N. The van der Waals surface area contributed by atoms with E-state index >= 15 is 0 Å². The molecule has 0 aliphatic rings. The van der Waals surface area contributed by atoms with Crippen molar-refractivity contribution in [3.05, 3.63) is 53.5 Å². The third-order valence-electron chi connectivity index (χ3n) is 3.81. The van der Waals surface area contributed by atoms with Gasteiger partial charge >= 0.3 is 6.03 Å². The van der Waals surface area contributed by atoms with E-state index in [1.807, 2.05) is 0 Å². The fraction of sp³-hybridized carbons (Fsp3) is 0.278. The Kier molecular flexibility index (Phi) is 5.96. The predicted molar refractivity (Wildman–Crippen MR) is 100 cm³/mol. The molecule has 9 heteroatoms. The number of aliphatic hydroxyl groups is 1. The lowest BCUT2D eigenvalue weighted by Gasteiger charge is -2.30. The van der Waals surface area contributed by atoms with Crippen molar-refractivity contribution in [2.75, 3.05) is 18.2 Å². The monoisotopic (exact) mass is 375 g/mol. The van der Waals surface area contributed by atoms with Crippen molar-refractivity contribution in [3.8, 4) is 0 Å². The molecule has 8 nitrogen and oxygen atoms in total. The first-order valence-electron chi connectivity index (χ1n) is 8.05. The number of urea groups is 1. The highest BCUT2D eigenvalue weighted by atomic mass is 19.1. The van der Waals surface area contributed by atoms with Gasteiger partial charge in [-0.1, -0.05) is 12.1 Å². The van der Waals surface area contributed by atoms with Crippen molar-refractivity contribution in [1.82, 2.24) is 10.3 Å². The van der Waals surface area contributed by atoms with Gasteiger partial charge < -0.3 is 20.9 Å². The summed E-state index contributed by atoms with van der Waals surface area (Å²) < 4.78 is 17.9. The Morgan fingerprint density at radius 3 is 2.52 bits per heavy atom. The number of amides is 2. The van der Waals surface area contributed by atoms with Crippen molar-refractivity contribution < 1.29 is 19.0 Å². The molecule has 1 aromatic carbocycles. The van der Waals surface area contributed by atoms with Gasteiger partial charge in [-0.3, -0.25) is 10.7 Å². The van der Waals surface area contributed by atoms with Crippen LogP contribution in [-0.4, -0.2) is 34.7 Å². The van der Waals surface area contributed by atoms with Gasteiger partial charge in [-0.25, -0.2) is 14.2 Å². The summed E-state index contributed by atoms with van der Waals surface area (Å²) in [5.41, 5.74) is 5.58. The second-order valence-electron chi connectivity index (χ2n) is 6.43. The smallest absolute Gasteiger partial charge is 0.320 e. The van der Waals surface area contributed by atoms with Gasteiger partial charge in [-0.15, -0.1) is 0 Å². The maximum Gasteiger partial charge on any atom is 0.320 e. The summed E-state index contributed by atoms with van der Waals surface area (Å²) in [6.07, 6.45) is 1.31. The van der Waals surface area contributed by atoms with Crippen LogP contribution in [0.5, 0.6) is 0 Å². The van der Waals surface area contributed by atoms with Gasteiger partial charge in [0.2, 0.25) is 5.90 Å². The van der Waals surface area contributed by atoms with E-state index in [4.69, 9.17) is 15.9 Å². The third kappa shape index (κ3) is 5.14. The highest BCUT2D eigenvalue weighted by Crippen LogP contribution is 2.26. The molecule has 144 valence electrons. The molecule has 0 aliphatic carbocycles. The number of nitrogen functional groups attached to an aromatic ring is 1. The molecule has 2 aromatic rings. The lowest BCUT2D eigenvalue weighted by Crippen LogP contribution is -2.44. The van der Waals surface area contributed by atoms with E-state index in [2.05, 4.69) is 15.6 Å². The minimum atomic E-state index is -1.31. The number of pyridine rings is 1. The molecule has 1 heterocycles. The molecule has 0 saturated heterocycles. The number of rotatable bonds is 5. The summed E-state index contributed by atoms with van der Waals surface area (Å²) in [7, 11) is 1.34. The summed E-state index contributed by atoms with van der Waals surface area (Å²) >= 11 is 0. The number of nitrogens with two attached hydrogens (primary N) is 1. The zero-order valence-electron chi connectivity index (χ0n) is 15.2. The Labute approximate surface area is 156 Å². The van der Waals surface area contributed by atoms with Gasteiger partial charge in [0.05, 0.1) is 24.3 Å². The van der Waals surface area contributed by atoms with E-state index in [-0.39, 0.29) is 17.4 Å². The van der Waals surface area contributed by atoms with E-state index < -0.39 is 23.5 Å². The summed E-state index contributed by atoms with van der Waals surface area (Å²) in [5.74, 6) is -0.403. The summed E-state index contributed by atoms with van der Waals surface area (Å²) in [6, 6.07) is 5.43. The van der Waals surface area contributed by atoms with Crippen LogP contribution in [0.3, 0.4) is 0 Å². The van der Waals surface area contributed by atoms with Gasteiger partial charge in [0.15, 0.2) is 0 Å². The van der Waals surface area contributed by atoms with Gasteiger partial charge in [0.1, 0.15) is 11.6 Å². The van der Waals surface area contributed by atoms with Gasteiger partial charge in [0, 0.05) is 18.0 Å². The van der Waals surface area contributed by atoms with Crippen LogP contribution < -0.4 is 16.4 Å². The van der Waals surface area contributed by atoms with Crippen LogP contribution in [0.15, 0.2) is 36.5 Å². The molecule has 1 aromatic heterocycles. The molecular formula is C18H22FN5O3. The highest BCUT2D eigenvalue weighted by Gasteiger charge is 2.30. The number of halogens is 1. The van der Waals surface area contributed by atoms with Crippen LogP contribution in [0.2, 0.25) is 0 Å². The fourth-order valence-electron chi connectivity index (χ4n) is 2.45. The van der Waals surface area contributed by atoms with Crippen molar-refractivity contribution in [2.45, 2.75) is 25.5 Å². The van der Waals surface area contributed by atoms with Crippen LogP contribution in [0.1, 0.15) is 31.0 Å². The largest absolute Gasteiger partial charge is 0.481 e. The zero-order valence-corrected chi connectivity index (χ0v) is 15.2. The van der Waals surface area contributed by atoms with E-state index in [1.165, 1.54) is 57.5 Å². The first-order valence-corrected chi connectivity index (χ1v) is 8.05. The molecule has 0 bridgehead atoms. The van der Waals surface area contributed by atoms with Crippen molar-refractivity contribution in [3.63, 3.8) is 0 Å². The Morgan fingerprint density at radius 2 is 2.00 bits per heavy atom. The molecule has 2 amide bonds. The van der Waals surface area contributed by atoms with E-state index in [1.54, 1.807) is 0 Å². The second-order valence-corrected chi connectivity index (χ2v) is 6.43. The van der Waals surface area contributed by atoms with Crippen LogP contribution >= 0.6 is 0 Å². The molecule has 0 spiro atoms. The molecule has 0 saturated carbocycles. The predicted octanol–water partition coefficient (Wildman–Crippen LogP) is 2.41. The minimum Gasteiger partial charge on any atom is -0.481 e. The Hall–Kier alpha value is -3.20. The third-order valence-corrected chi connectivity index (χ3v) is 3.81. The number of nitrogens with one attached hydrogen (secondary N) is 3. The zero-order chi connectivity index (χ0) is 20.2. The minimum absolute atomic E-state index is 0.144. The average molecular weight is 375 g/mol. The molecule has 1 unspecified atom stereocenters. The van der Waals surface area contributed by atoms with Crippen LogP contribution in [0.4, 0.5) is 20.7 Å². The first kappa shape index (κ1) is 20.1. The molecule has 0 fully saturated rings. The summed E-state index contributed by atoms with van der Waals surface area (Å²) in [6.45, 7) is 3.06. The molecule has 6 N–H and O–H groups in total. The maximum atomic E-state index is 13.1. The number of methoxy groups -OCH3 is 1. The quantitative estimate of drug-likeness (QED) is 0.404. The number of hydrogen-bond donors (Lipinski definition) is 5. The molecular weight excluding hydrogens is 353 g/mol. The van der Waals surface area contributed by atoms with Gasteiger partial charge in [0.25, 0.3) is 0 Å². The standard InChI is InChI=1S/C18H22FN5O3/c1-18(2,26)15(10-4-6-11(19)7-5-10)24-17(25)23-14-8-13(20)12(9-22-14)16(21)27-3/h4-9,15,21,26H,1-3H3,(H4,20,22,23,24,25). The summed E-state index contributed by atoms with van der Waals surface area (Å²) in [5, 5.41) is 23.1. The van der Waals surface area contributed by atoms with E-state index in [9.17, 15) is 14.3 Å². The molecule has 2 rings (SSSR count). The van der Waals surface area contributed by atoms with E-state index in [0.29, 0.717) is 11.1 Å². The lowest BCUT2D eigenvalue weighted by atomic mass is 9.92. The van der Waals surface area contributed by atoms with E-state index in [0.717, 1.165) is 0 Å². The fourth-order valence-corrected chi connectivity index (χ4v) is 2.45. The van der Waals surface area contributed by atoms with Crippen LogP contribution in [-0.2, 0) is 4.74 Å². The maximum absolute atomic E-state index is 13.1. The lowest BCUT2D eigenvalue weighted by molar-refractivity contribution is 0.0415.